The average Bonchev–Trinajstić information content (AvgIpc) is 2.47. The van der Waals surface area contributed by atoms with Crippen LogP contribution < -0.4 is 15.2 Å². The van der Waals surface area contributed by atoms with Gasteiger partial charge in [-0.3, -0.25) is 4.98 Å². The lowest BCUT2D eigenvalue weighted by Crippen LogP contribution is -2.15. The fourth-order valence-electron chi connectivity index (χ4n) is 2.13. The molecule has 0 amide bonds. The Labute approximate surface area is 112 Å². The number of hydrogen-bond acceptors (Lipinski definition) is 4. The van der Waals surface area contributed by atoms with E-state index in [1.54, 1.807) is 0 Å². The first-order chi connectivity index (χ1) is 9.36. The zero-order chi connectivity index (χ0) is 13.1. The summed E-state index contributed by atoms with van der Waals surface area (Å²) in [5, 5.41) is 0. The second-order valence-corrected chi connectivity index (χ2v) is 4.41. The third-order valence-corrected chi connectivity index (χ3v) is 3.05. The fourth-order valence-corrected chi connectivity index (χ4v) is 2.13. The third kappa shape index (κ3) is 2.53. The Morgan fingerprint density at radius 2 is 1.89 bits per heavy atom. The third-order valence-electron chi connectivity index (χ3n) is 3.05. The van der Waals surface area contributed by atoms with Crippen LogP contribution in [-0.2, 0) is 6.42 Å². The first-order valence-electron chi connectivity index (χ1n) is 6.43. The highest BCUT2D eigenvalue weighted by Crippen LogP contribution is 2.33. The van der Waals surface area contributed by atoms with Crippen molar-refractivity contribution in [1.29, 1.82) is 0 Å². The average molecular weight is 256 g/mol. The van der Waals surface area contributed by atoms with E-state index in [2.05, 4.69) is 4.98 Å². The molecule has 2 heterocycles. The van der Waals surface area contributed by atoms with Crippen LogP contribution in [0.5, 0.6) is 11.5 Å². The number of ether oxygens (including phenoxy) is 2. The van der Waals surface area contributed by atoms with E-state index in [1.807, 2.05) is 36.4 Å². The summed E-state index contributed by atoms with van der Waals surface area (Å²) in [6, 6.07) is 11.9. The van der Waals surface area contributed by atoms with Crippen LogP contribution in [0.3, 0.4) is 0 Å². The second-order valence-electron chi connectivity index (χ2n) is 4.41. The van der Waals surface area contributed by atoms with E-state index in [0.29, 0.717) is 19.8 Å². The molecular formula is C15H16N2O2. The number of hydrogen-bond donors (Lipinski definition) is 1. The van der Waals surface area contributed by atoms with E-state index >= 15 is 0 Å². The van der Waals surface area contributed by atoms with Crippen LogP contribution in [0.25, 0.3) is 11.3 Å². The van der Waals surface area contributed by atoms with Gasteiger partial charge in [0.15, 0.2) is 11.5 Å². The molecule has 4 heteroatoms. The Hall–Kier alpha value is -2.07. The van der Waals surface area contributed by atoms with Gasteiger partial charge in [-0.25, -0.2) is 0 Å². The summed E-state index contributed by atoms with van der Waals surface area (Å²) in [6.07, 6.45) is 0.790. The molecule has 2 aromatic rings. The maximum absolute atomic E-state index is 5.59. The number of fused-ring (bicyclic) bond motifs is 1. The predicted octanol–water partition coefficient (Wildman–Crippen LogP) is 2.02. The lowest BCUT2D eigenvalue weighted by atomic mass is 10.1. The quantitative estimate of drug-likeness (QED) is 0.912. The topological polar surface area (TPSA) is 57.4 Å². The Morgan fingerprint density at radius 3 is 2.74 bits per heavy atom. The van der Waals surface area contributed by atoms with Crippen molar-refractivity contribution in [2.24, 2.45) is 5.73 Å². The number of benzene rings is 1. The molecule has 1 aromatic carbocycles. The van der Waals surface area contributed by atoms with Gasteiger partial charge in [0, 0.05) is 17.7 Å². The van der Waals surface area contributed by atoms with Gasteiger partial charge in [-0.2, -0.15) is 0 Å². The number of aromatic nitrogens is 1. The Kier molecular flexibility index (Phi) is 3.33. The van der Waals surface area contributed by atoms with Crippen LogP contribution in [0.1, 0.15) is 5.69 Å². The Balaban J connectivity index is 1.95. The predicted molar refractivity (Wildman–Crippen MR) is 73.4 cm³/mol. The summed E-state index contributed by atoms with van der Waals surface area (Å²) in [5.74, 6) is 1.59. The van der Waals surface area contributed by atoms with Crippen molar-refractivity contribution in [3.8, 4) is 22.8 Å². The van der Waals surface area contributed by atoms with E-state index in [9.17, 15) is 0 Å². The van der Waals surface area contributed by atoms with Crippen molar-refractivity contribution in [2.75, 3.05) is 19.8 Å². The monoisotopic (exact) mass is 256 g/mol. The number of pyridine rings is 1. The number of nitrogens with zero attached hydrogens (tertiary/aromatic N) is 1. The zero-order valence-electron chi connectivity index (χ0n) is 10.6. The summed E-state index contributed by atoms with van der Waals surface area (Å²) >= 11 is 0. The highest BCUT2D eigenvalue weighted by Gasteiger charge is 2.12. The lowest BCUT2D eigenvalue weighted by molar-refractivity contribution is 0.171. The van der Waals surface area contributed by atoms with Gasteiger partial charge in [0.1, 0.15) is 13.2 Å². The molecule has 0 saturated heterocycles. The molecule has 0 atom stereocenters. The molecule has 3 rings (SSSR count). The van der Waals surface area contributed by atoms with Gasteiger partial charge in [0.05, 0.1) is 5.69 Å². The maximum Gasteiger partial charge on any atom is 0.162 e. The Bertz CT molecular complexity index is 584. The molecule has 1 aliphatic rings. The van der Waals surface area contributed by atoms with Gasteiger partial charge in [-0.05, 0) is 36.9 Å². The van der Waals surface area contributed by atoms with Crippen LogP contribution in [-0.4, -0.2) is 24.7 Å². The van der Waals surface area contributed by atoms with Gasteiger partial charge in [0.25, 0.3) is 0 Å². The molecule has 0 aliphatic carbocycles. The summed E-state index contributed by atoms with van der Waals surface area (Å²) < 4.78 is 11.1. The van der Waals surface area contributed by atoms with Crippen LogP contribution in [0.2, 0.25) is 0 Å². The van der Waals surface area contributed by atoms with Gasteiger partial charge in [-0.1, -0.05) is 6.07 Å². The van der Waals surface area contributed by atoms with Crippen molar-refractivity contribution in [3.63, 3.8) is 0 Å². The van der Waals surface area contributed by atoms with Crippen LogP contribution in [0, 0.1) is 0 Å². The summed E-state index contributed by atoms with van der Waals surface area (Å²) in [6.45, 7) is 1.81. The van der Waals surface area contributed by atoms with Gasteiger partial charge in [-0.15, -0.1) is 0 Å². The van der Waals surface area contributed by atoms with Gasteiger partial charge >= 0.3 is 0 Å². The van der Waals surface area contributed by atoms with Crippen molar-refractivity contribution in [3.05, 3.63) is 42.1 Å². The molecule has 98 valence electrons. The molecule has 19 heavy (non-hydrogen) atoms. The van der Waals surface area contributed by atoms with E-state index in [-0.39, 0.29) is 0 Å². The molecule has 0 radical (unpaired) electrons. The molecule has 4 nitrogen and oxygen atoms in total. The highest BCUT2D eigenvalue weighted by atomic mass is 16.6. The van der Waals surface area contributed by atoms with E-state index in [4.69, 9.17) is 15.2 Å². The number of nitrogens with two attached hydrogens (primary N) is 1. The molecule has 0 bridgehead atoms. The minimum atomic E-state index is 0.594. The van der Waals surface area contributed by atoms with E-state index in [1.165, 1.54) is 0 Å². The normalized spacial score (nSPS) is 13.3. The fraction of sp³-hybridized carbons (Fsp3) is 0.267. The summed E-state index contributed by atoms with van der Waals surface area (Å²) in [7, 11) is 0. The summed E-state index contributed by atoms with van der Waals surface area (Å²) in [4.78, 5) is 4.61. The molecule has 0 fully saturated rings. The minimum absolute atomic E-state index is 0.594. The molecular weight excluding hydrogens is 240 g/mol. The van der Waals surface area contributed by atoms with Gasteiger partial charge < -0.3 is 15.2 Å². The van der Waals surface area contributed by atoms with Crippen molar-refractivity contribution >= 4 is 0 Å². The minimum Gasteiger partial charge on any atom is -0.486 e. The first-order valence-corrected chi connectivity index (χ1v) is 6.43. The summed E-state index contributed by atoms with van der Waals surface area (Å²) in [5.41, 5.74) is 8.54. The smallest absolute Gasteiger partial charge is 0.162 e. The molecule has 1 aliphatic heterocycles. The van der Waals surface area contributed by atoms with Crippen molar-refractivity contribution in [2.45, 2.75) is 6.42 Å². The highest BCUT2D eigenvalue weighted by molar-refractivity contribution is 5.64. The van der Waals surface area contributed by atoms with Gasteiger partial charge in [0.2, 0.25) is 0 Å². The first kappa shape index (κ1) is 12.0. The van der Waals surface area contributed by atoms with Crippen LogP contribution in [0.15, 0.2) is 36.4 Å². The van der Waals surface area contributed by atoms with Crippen LogP contribution in [0.4, 0.5) is 0 Å². The Morgan fingerprint density at radius 1 is 1.05 bits per heavy atom. The lowest BCUT2D eigenvalue weighted by Gasteiger charge is -2.18. The molecule has 1 aromatic heterocycles. The largest absolute Gasteiger partial charge is 0.486 e. The molecule has 0 unspecified atom stereocenters. The molecule has 0 spiro atoms. The molecule has 2 N–H and O–H groups in total. The maximum atomic E-state index is 5.59. The number of rotatable bonds is 3. The zero-order valence-corrected chi connectivity index (χ0v) is 10.6. The van der Waals surface area contributed by atoms with E-state index in [0.717, 1.165) is 34.9 Å². The van der Waals surface area contributed by atoms with E-state index < -0.39 is 0 Å². The second kappa shape index (κ2) is 5.28. The standard InChI is InChI=1S/C15H16N2O2/c16-7-6-12-2-1-3-13(17-12)11-4-5-14-15(10-11)19-9-8-18-14/h1-5,10H,6-9,16H2. The van der Waals surface area contributed by atoms with Crippen molar-refractivity contribution in [1.82, 2.24) is 4.98 Å². The van der Waals surface area contributed by atoms with Crippen LogP contribution >= 0.6 is 0 Å². The SMILES string of the molecule is NCCc1cccc(-c2ccc3c(c2)OCCO3)n1. The van der Waals surface area contributed by atoms with Crippen molar-refractivity contribution < 1.29 is 9.47 Å². The molecule has 0 saturated carbocycles.